The highest BCUT2D eigenvalue weighted by Gasteiger charge is 2.25. The second-order valence-corrected chi connectivity index (χ2v) is 9.94. The molecule has 2 saturated heterocycles. The molecule has 32 heavy (non-hydrogen) atoms. The van der Waals surface area contributed by atoms with E-state index in [1.165, 1.54) is 43.5 Å². The van der Waals surface area contributed by atoms with Crippen molar-refractivity contribution < 1.29 is 4.79 Å². The molecule has 4 rings (SSSR count). The van der Waals surface area contributed by atoms with Crippen molar-refractivity contribution in [1.82, 2.24) is 15.1 Å². The van der Waals surface area contributed by atoms with E-state index in [-0.39, 0.29) is 11.8 Å². The van der Waals surface area contributed by atoms with Crippen molar-refractivity contribution in [3.63, 3.8) is 0 Å². The van der Waals surface area contributed by atoms with E-state index in [2.05, 4.69) is 39.4 Å². The Morgan fingerprint density at radius 1 is 0.844 bits per heavy atom. The van der Waals surface area contributed by atoms with Gasteiger partial charge in [0.05, 0.1) is 10.0 Å². The van der Waals surface area contributed by atoms with Gasteiger partial charge in [-0.2, -0.15) is 0 Å². The van der Waals surface area contributed by atoms with Gasteiger partial charge in [0, 0.05) is 25.6 Å². The number of nitrogens with one attached hydrogen (secondary N) is 1. The van der Waals surface area contributed by atoms with E-state index in [0.29, 0.717) is 16.6 Å². The average Bonchev–Trinajstić information content (AvgIpc) is 2.82. The third-order valence-electron chi connectivity index (χ3n) is 6.76. The van der Waals surface area contributed by atoms with Gasteiger partial charge in [-0.1, -0.05) is 60.0 Å². The third-order valence-corrected chi connectivity index (χ3v) is 7.50. The van der Waals surface area contributed by atoms with Crippen molar-refractivity contribution in [3.05, 3.63) is 69.2 Å². The Kier molecular flexibility index (Phi) is 8.48. The van der Waals surface area contributed by atoms with E-state index >= 15 is 0 Å². The molecule has 0 bridgehead atoms. The normalized spacial score (nSPS) is 18.6. The zero-order valence-corrected chi connectivity index (χ0v) is 20.2. The Labute approximate surface area is 201 Å². The number of nitrogens with zero attached hydrogens (tertiary/aromatic N) is 2. The lowest BCUT2D eigenvalue weighted by atomic mass is 9.95. The molecule has 2 aliphatic rings. The van der Waals surface area contributed by atoms with Gasteiger partial charge in [-0.3, -0.25) is 14.6 Å². The molecule has 0 spiro atoms. The van der Waals surface area contributed by atoms with Crippen molar-refractivity contribution in [1.29, 1.82) is 0 Å². The summed E-state index contributed by atoms with van der Waals surface area (Å²) >= 11 is 12.2. The molecule has 0 radical (unpaired) electrons. The third kappa shape index (κ3) is 6.48. The Hall–Kier alpha value is -1.59. The number of carbonyl (C=O) groups excluding carboxylic acids is 1. The van der Waals surface area contributed by atoms with Crippen LogP contribution in [0.1, 0.15) is 48.8 Å². The van der Waals surface area contributed by atoms with E-state index in [1.54, 1.807) is 0 Å². The average molecular weight is 474 g/mol. The molecule has 0 atom stereocenters. The molecular formula is C26H33Cl2N3O. The monoisotopic (exact) mass is 473 g/mol. The summed E-state index contributed by atoms with van der Waals surface area (Å²) in [5.74, 6) is 0.279. The van der Waals surface area contributed by atoms with Crippen LogP contribution in [-0.4, -0.2) is 41.9 Å². The highest BCUT2D eigenvalue weighted by atomic mass is 35.5. The minimum Gasteiger partial charge on any atom is -0.352 e. The summed E-state index contributed by atoms with van der Waals surface area (Å²) < 4.78 is 0. The molecule has 2 aromatic carbocycles. The summed E-state index contributed by atoms with van der Waals surface area (Å²) in [6.45, 7) is 6.65. The van der Waals surface area contributed by atoms with Gasteiger partial charge in [0.25, 0.3) is 0 Å². The van der Waals surface area contributed by atoms with Gasteiger partial charge in [-0.25, -0.2) is 0 Å². The lowest BCUT2D eigenvalue weighted by Crippen LogP contribution is -2.40. The molecule has 1 amide bonds. The smallest absolute Gasteiger partial charge is 0.223 e. The van der Waals surface area contributed by atoms with E-state index in [4.69, 9.17) is 23.2 Å². The van der Waals surface area contributed by atoms with Crippen molar-refractivity contribution >= 4 is 29.1 Å². The molecule has 2 heterocycles. The standard InChI is InChI=1S/C26H33Cl2N3O/c27-24-9-8-20(16-25(24)28)18-31-14-10-21(11-15-31)26(32)29-17-22-6-2-3-7-23(22)19-30-12-4-1-5-13-30/h2-3,6-9,16,21H,1,4-5,10-15,17-19H2,(H,29,32). The topological polar surface area (TPSA) is 35.6 Å². The number of rotatable bonds is 7. The molecule has 0 aromatic heterocycles. The second kappa shape index (κ2) is 11.5. The predicted octanol–water partition coefficient (Wildman–Crippen LogP) is 5.51. The fourth-order valence-electron chi connectivity index (χ4n) is 4.82. The maximum atomic E-state index is 12.8. The maximum Gasteiger partial charge on any atom is 0.223 e. The summed E-state index contributed by atoms with van der Waals surface area (Å²) in [4.78, 5) is 17.8. The maximum absolute atomic E-state index is 12.8. The van der Waals surface area contributed by atoms with Crippen molar-refractivity contribution in [3.8, 4) is 0 Å². The first-order chi connectivity index (χ1) is 15.6. The Morgan fingerprint density at radius 3 is 2.25 bits per heavy atom. The molecular weight excluding hydrogens is 441 g/mol. The quantitative estimate of drug-likeness (QED) is 0.575. The van der Waals surface area contributed by atoms with Crippen LogP contribution in [-0.2, 0) is 24.4 Å². The summed E-state index contributed by atoms with van der Waals surface area (Å²) in [6.07, 6.45) is 5.72. The SMILES string of the molecule is O=C(NCc1ccccc1CN1CCCCC1)C1CCN(Cc2ccc(Cl)c(Cl)c2)CC1. The van der Waals surface area contributed by atoms with Gasteiger partial charge in [0.2, 0.25) is 5.91 Å². The molecule has 2 aromatic rings. The highest BCUT2D eigenvalue weighted by molar-refractivity contribution is 6.42. The van der Waals surface area contributed by atoms with Gasteiger partial charge < -0.3 is 5.32 Å². The minimum absolute atomic E-state index is 0.0920. The fourth-order valence-corrected chi connectivity index (χ4v) is 5.14. The van der Waals surface area contributed by atoms with Crippen LogP contribution in [0.5, 0.6) is 0 Å². The molecule has 6 heteroatoms. The molecule has 1 N–H and O–H groups in total. The molecule has 172 valence electrons. The number of hydrogen-bond acceptors (Lipinski definition) is 3. The number of likely N-dealkylation sites (tertiary alicyclic amines) is 2. The Bertz CT molecular complexity index is 906. The molecule has 0 unspecified atom stereocenters. The number of halogens is 2. The van der Waals surface area contributed by atoms with E-state index < -0.39 is 0 Å². The van der Waals surface area contributed by atoms with Crippen LogP contribution in [0, 0.1) is 5.92 Å². The lowest BCUT2D eigenvalue weighted by molar-refractivity contribution is -0.126. The van der Waals surface area contributed by atoms with Gasteiger partial charge in [-0.15, -0.1) is 0 Å². The van der Waals surface area contributed by atoms with E-state index in [1.807, 2.05) is 18.2 Å². The first-order valence-corrected chi connectivity index (χ1v) is 12.6. The van der Waals surface area contributed by atoms with E-state index in [9.17, 15) is 4.79 Å². The van der Waals surface area contributed by atoms with Crippen LogP contribution >= 0.6 is 23.2 Å². The molecule has 2 fully saturated rings. The Morgan fingerprint density at radius 2 is 1.53 bits per heavy atom. The molecule has 2 aliphatic heterocycles. The second-order valence-electron chi connectivity index (χ2n) is 9.12. The zero-order valence-electron chi connectivity index (χ0n) is 18.7. The zero-order chi connectivity index (χ0) is 22.3. The largest absolute Gasteiger partial charge is 0.352 e. The number of amides is 1. The highest BCUT2D eigenvalue weighted by Crippen LogP contribution is 2.25. The van der Waals surface area contributed by atoms with Gasteiger partial charge in [0.15, 0.2) is 0 Å². The first-order valence-electron chi connectivity index (χ1n) is 11.8. The fraction of sp³-hybridized carbons (Fsp3) is 0.500. The number of benzene rings is 2. The molecule has 4 nitrogen and oxygen atoms in total. The van der Waals surface area contributed by atoms with Crippen LogP contribution in [0.2, 0.25) is 10.0 Å². The summed E-state index contributed by atoms with van der Waals surface area (Å²) in [5.41, 5.74) is 3.74. The summed E-state index contributed by atoms with van der Waals surface area (Å²) in [5, 5.41) is 4.40. The van der Waals surface area contributed by atoms with Gasteiger partial charge in [0.1, 0.15) is 0 Å². The first kappa shape index (κ1) is 23.6. The van der Waals surface area contributed by atoms with Crippen LogP contribution in [0.25, 0.3) is 0 Å². The number of carbonyl (C=O) groups is 1. The number of hydrogen-bond donors (Lipinski definition) is 1. The molecule has 0 saturated carbocycles. The van der Waals surface area contributed by atoms with Gasteiger partial charge >= 0.3 is 0 Å². The predicted molar refractivity (Wildman–Crippen MR) is 132 cm³/mol. The van der Waals surface area contributed by atoms with Crippen LogP contribution in [0.4, 0.5) is 0 Å². The number of piperidine rings is 2. The molecule has 0 aliphatic carbocycles. The van der Waals surface area contributed by atoms with Crippen LogP contribution < -0.4 is 5.32 Å². The lowest BCUT2D eigenvalue weighted by Gasteiger charge is -2.31. The van der Waals surface area contributed by atoms with Crippen LogP contribution in [0.15, 0.2) is 42.5 Å². The van der Waals surface area contributed by atoms with Crippen molar-refractivity contribution in [2.45, 2.75) is 51.7 Å². The summed E-state index contributed by atoms with van der Waals surface area (Å²) in [6, 6.07) is 14.3. The van der Waals surface area contributed by atoms with Crippen LogP contribution in [0.3, 0.4) is 0 Å². The van der Waals surface area contributed by atoms with Crippen molar-refractivity contribution in [2.24, 2.45) is 5.92 Å². The minimum atomic E-state index is 0.0920. The van der Waals surface area contributed by atoms with E-state index in [0.717, 1.165) is 44.6 Å². The Balaban J connectivity index is 1.24. The summed E-state index contributed by atoms with van der Waals surface area (Å²) in [7, 11) is 0. The van der Waals surface area contributed by atoms with Gasteiger partial charge in [-0.05, 0) is 80.7 Å². The van der Waals surface area contributed by atoms with Crippen molar-refractivity contribution in [2.75, 3.05) is 26.2 Å².